The molecule has 2 rings (SSSR count). The zero-order chi connectivity index (χ0) is 19.2. The number of nitrogen functional groups attached to an aromatic ring is 1. The highest BCUT2D eigenvalue weighted by atomic mass is 35.5. The number of sulfone groups is 1. The summed E-state index contributed by atoms with van der Waals surface area (Å²) in [5.41, 5.74) is 3.06. The molecule has 0 amide bonds. The average Bonchev–Trinajstić information content (AvgIpc) is 2.44. The topological polar surface area (TPSA) is 120 Å². The van der Waals surface area contributed by atoms with Gasteiger partial charge in [0.2, 0.25) is 19.9 Å². The number of alkyl halides is 3. The van der Waals surface area contributed by atoms with E-state index in [1.807, 2.05) is 0 Å². The molecule has 2 aromatic rings. The van der Waals surface area contributed by atoms with Crippen LogP contribution < -0.4 is 10.9 Å². The second kappa shape index (κ2) is 6.16. The van der Waals surface area contributed by atoms with Crippen molar-refractivity contribution in [3.05, 3.63) is 47.0 Å². The van der Waals surface area contributed by atoms with Gasteiger partial charge in [-0.2, -0.15) is 13.2 Å². The van der Waals surface area contributed by atoms with E-state index in [0.29, 0.717) is 6.07 Å². The fourth-order valence-corrected chi connectivity index (χ4v) is 5.23. The fourth-order valence-electron chi connectivity index (χ4n) is 2.05. The number of primary sulfonamides is 1. The highest BCUT2D eigenvalue weighted by Gasteiger charge is 2.36. The van der Waals surface area contributed by atoms with Gasteiger partial charge in [-0.05, 0) is 24.3 Å². The van der Waals surface area contributed by atoms with Crippen molar-refractivity contribution < 1.29 is 30.0 Å². The lowest BCUT2D eigenvalue weighted by Crippen LogP contribution is -2.17. The molecule has 0 atom stereocenters. The van der Waals surface area contributed by atoms with E-state index < -0.39 is 57.0 Å². The molecule has 0 aromatic heterocycles. The van der Waals surface area contributed by atoms with Gasteiger partial charge in [0, 0.05) is 5.69 Å². The molecule has 0 saturated carbocycles. The van der Waals surface area contributed by atoms with Crippen LogP contribution >= 0.6 is 11.6 Å². The van der Waals surface area contributed by atoms with Crippen molar-refractivity contribution in [1.29, 1.82) is 0 Å². The zero-order valence-corrected chi connectivity index (χ0v) is 14.5. The van der Waals surface area contributed by atoms with Crippen LogP contribution in [0.4, 0.5) is 18.9 Å². The Kier molecular flexibility index (Phi) is 4.81. The van der Waals surface area contributed by atoms with Crippen molar-refractivity contribution >= 4 is 37.1 Å². The summed E-state index contributed by atoms with van der Waals surface area (Å²) in [7, 11) is -9.18. The van der Waals surface area contributed by atoms with Gasteiger partial charge in [-0.15, -0.1) is 0 Å². The number of rotatable bonds is 3. The van der Waals surface area contributed by atoms with Crippen LogP contribution in [0.15, 0.2) is 51.1 Å². The number of hydrogen-bond donors (Lipinski definition) is 2. The zero-order valence-electron chi connectivity index (χ0n) is 12.1. The molecule has 12 heteroatoms. The third-order valence-electron chi connectivity index (χ3n) is 3.14. The van der Waals surface area contributed by atoms with Crippen LogP contribution in [-0.2, 0) is 26.0 Å². The minimum Gasteiger partial charge on any atom is -0.398 e. The molecule has 0 spiro atoms. The normalized spacial score (nSPS) is 13.0. The Morgan fingerprint density at radius 3 is 1.92 bits per heavy atom. The monoisotopic (exact) mass is 414 g/mol. The summed E-state index contributed by atoms with van der Waals surface area (Å²) in [5.74, 6) is 0. The second-order valence-corrected chi connectivity index (χ2v) is 8.69. The van der Waals surface area contributed by atoms with Gasteiger partial charge in [0.1, 0.15) is 4.90 Å². The Bertz CT molecular complexity index is 1050. The number of nitrogens with two attached hydrogens (primary N) is 2. The maximum Gasteiger partial charge on any atom is 0.418 e. The molecule has 0 unspecified atom stereocenters. The van der Waals surface area contributed by atoms with Gasteiger partial charge in [0.25, 0.3) is 0 Å². The van der Waals surface area contributed by atoms with E-state index in [4.69, 9.17) is 22.5 Å². The molecule has 0 heterocycles. The van der Waals surface area contributed by atoms with Gasteiger partial charge < -0.3 is 5.73 Å². The molecular weight excluding hydrogens is 405 g/mol. The Hall–Kier alpha value is -1.82. The summed E-state index contributed by atoms with van der Waals surface area (Å²) in [6.07, 6.45) is -4.93. The van der Waals surface area contributed by atoms with E-state index in [2.05, 4.69) is 0 Å². The van der Waals surface area contributed by atoms with Crippen LogP contribution in [0, 0.1) is 0 Å². The predicted octanol–water partition coefficient (Wildman–Crippen LogP) is 2.42. The molecular formula is C13H10ClF3N2O4S2. The molecule has 0 saturated heterocycles. The molecule has 0 bridgehead atoms. The summed E-state index contributed by atoms with van der Waals surface area (Å²) < 4.78 is 87.5. The van der Waals surface area contributed by atoms with Gasteiger partial charge in [0.15, 0.2) is 0 Å². The lowest BCUT2D eigenvalue weighted by atomic mass is 10.2. The Labute approximate surface area is 146 Å². The molecule has 0 aliphatic carbocycles. The second-order valence-electron chi connectivity index (χ2n) is 4.86. The summed E-state index contributed by atoms with van der Waals surface area (Å²) in [6.45, 7) is 0. The molecule has 4 N–H and O–H groups in total. The van der Waals surface area contributed by atoms with E-state index in [-0.39, 0.29) is 6.07 Å². The lowest BCUT2D eigenvalue weighted by molar-refractivity contribution is -0.137. The minimum absolute atomic E-state index is 0.257. The van der Waals surface area contributed by atoms with Gasteiger partial charge in [-0.25, -0.2) is 22.0 Å². The van der Waals surface area contributed by atoms with Crippen LogP contribution in [-0.4, -0.2) is 16.8 Å². The summed E-state index contributed by atoms with van der Waals surface area (Å²) >= 11 is 5.75. The van der Waals surface area contributed by atoms with E-state index in [1.165, 1.54) is 12.1 Å². The van der Waals surface area contributed by atoms with Crippen molar-refractivity contribution in [1.82, 2.24) is 0 Å². The molecule has 2 aromatic carbocycles. The number of benzene rings is 2. The van der Waals surface area contributed by atoms with Crippen molar-refractivity contribution in [3.8, 4) is 0 Å². The fraction of sp³-hybridized carbons (Fsp3) is 0.0769. The third-order valence-corrected chi connectivity index (χ3v) is 6.52. The highest BCUT2D eigenvalue weighted by Crippen LogP contribution is 2.39. The maximum atomic E-state index is 13.0. The first-order valence-electron chi connectivity index (χ1n) is 6.29. The smallest absolute Gasteiger partial charge is 0.398 e. The standard InChI is InChI=1S/C13H10ClF3N2O4S2/c14-8-6-9(18)7(13(15,16)17)5-12(8)24(20,21)10-3-1-2-4-11(10)25(19,22)23/h1-6H,18H2,(H2,19,22,23). The van der Waals surface area contributed by atoms with Gasteiger partial charge in [-0.3, -0.25) is 0 Å². The lowest BCUT2D eigenvalue weighted by Gasteiger charge is -2.15. The first kappa shape index (κ1) is 19.5. The average molecular weight is 415 g/mol. The summed E-state index contributed by atoms with van der Waals surface area (Å²) in [6, 6.07) is 5.11. The quantitative estimate of drug-likeness (QED) is 0.747. The van der Waals surface area contributed by atoms with Crippen LogP contribution in [0.1, 0.15) is 5.56 Å². The van der Waals surface area contributed by atoms with E-state index >= 15 is 0 Å². The van der Waals surface area contributed by atoms with Crippen molar-refractivity contribution in [2.45, 2.75) is 20.9 Å². The predicted molar refractivity (Wildman–Crippen MR) is 84.1 cm³/mol. The number of hydrogen-bond acceptors (Lipinski definition) is 5. The molecule has 25 heavy (non-hydrogen) atoms. The molecule has 0 radical (unpaired) electrons. The number of sulfonamides is 1. The maximum absolute atomic E-state index is 13.0. The van der Waals surface area contributed by atoms with Crippen molar-refractivity contribution in [2.24, 2.45) is 5.14 Å². The SMILES string of the molecule is Nc1cc(Cl)c(S(=O)(=O)c2ccccc2S(N)(=O)=O)cc1C(F)(F)F. The largest absolute Gasteiger partial charge is 0.418 e. The van der Waals surface area contributed by atoms with Crippen LogP contribution in [0.3, 0.4) is 0 Å². The van der Waals surface area contributed by atoms with Crippen molar-refractivity contribution in [2.75, 3.05) is 5.73 Å². The molecule has 6 nitrogen and oxygen atoms in total. The van der Waals surface area contributed by atoms with Gasteiger partial charge in [-0.1, -0.05) is 23.7 Å². The highest BCUT2D eigenvalue weighted by molar-refractivity contribution is 7.93. The first-order valence-corrected chi connectivity index (χ1v) is 9.70. The van der Waals surface area contributed by atoms with Crippen LogP contribution in [0.2, 0.25) is 5.02 Å². The van der Waals surface area contributed by atoms with E-state index in [0.717, 1.165) is 12.1 Å². The van der Waals surface area contributed by atoms with E-state index in [9.17, 15) is 30.0 Å². The van der Waals surface area contributed by atoms with Gasteiger partial charge >= 0.3 is 6.18 Å². The van der Waals surface area contributed by atoms with Crippen LogP contribution in [0.5, 0.6) is 0 Å². The van der Waals surface area contributed by atoms with E-state index in [1.54, 1.807) is 0 Å². The molecule has 0 fully saturated rings. The molecule has 0 aliphatic rings. The molecule has 136 valence electrons. The summed E-state index contributed by atoms with van der Waals surface area (Å²) in [4.78, 5) is -2.50. The Morgan fingerprint density at radius 1 is 0.920 bits per heavy atom. The Morgan fingerprint density at radius 2 is 1.44 bits per heavy atom. The Balaban J connectivity index is 2.84. The van der Waals surface area contributed by atoms with Crippen LogP contribution in [0.25, 0.3) is 0 Å². The molecule has 0 aliphatic heterocycles. The summed E-state index contributed by atoms with van der Waals surface area (Å²) in [5, 5.41) is 4.38. The van der Waals surface area contributed by atoms with Crippen molar-refractivity contribution in [3.63, 3.8) is 0 Å². The number of halogens is 4. The first-order chi connectivity index (χ1) is 11.3. The third kappa shape index (κ3) is 3.73. The minimum atomic E-state index is -4.93. The van der Waals surface area contributed by atoms with Gasteiger partial charge in [0.05, 0.1) is 20.4 Å². The number of anilines is 1.